The monoisotopic (exact) mass is 319 g/mol. The minimum absolute atomic E-state index is 0.0300. The van der Waals surface area contributed by atoms with Crippen molar-refractivity contribution in [2.75, 3.05) is 31.7 Å². The van der Waals surface area contributed by atoms with Crippen LogP contribution in [0.2, 0.25) is 0 Å². The van der Waals surface area contributed by atoms with Crippen molar-refractivity contribution in [2.45, 2.75) is 32.0 Å². The normalized spacial score (nSPS) is 25.3. The molecule has 0 unspecified atom stereocenters. The number of anilines is 1. The summed E-state index contributed by atoms with van der Waals surface area (Å²) in [4.78, 5) is 9.21. The number of piperidine rings is 1. The zero-order valence-corrected chi connectivity index (χ0v) is 12.8. The van der Waals surface area contributed by atoms with E-state index in [2.05, 4.69) is 9.97 Å². The molecule has 1 fully saturated rings. The van der Waals surface area contributed by atoms with E-state index in [1.165, 1.54) is 7.11 Å². The molecule has 2 heterocycles. The highest BCUT2D eigenvalue weighted by Crippen LogP contribution is 2.40. The van der Waals surface area contributed by atoms with E-state index in [4.69, 9.17) is 4.74 Å². The van der Waals surface area contributed by atoms with E-state index < -0.39 is 22.9 Å². The first kappa shape index (κ1) is 17.0. The Morgan fingerprint density at radius 2 is 2.09 bits per heavy atom. The van der Waals surface area contributed by atoms with Crippen LogP contribution in [-0.2, 0) is 10.9 Å². The number of hydrogen-bond donors (Lipinski definition) is 1. The van der Waals surface area contributed by atoms with Crippen molar-refractivity contribution in [3.05, 3.63) is 18.0 Å². The predicted octanol–water partition coefficient (Wildman–Crippen LogP) is 2.11. The van der Waals surface area contributed by atoms with Gasteiger partial charge in [-0.3, -0.25) is 0 Å². The predicted molar refractivity (Wildman–Crippen MR) is 74.5 cm³/mol. The van der Waals surface area contributed by atoms with Crippen molar-refractivity contribution in [3.63, 3.8) is 0 Å². The molecular formula is C14H20F3N3O2. The van der Waals surface area contributed by atoms with Crippen molar-refractivity contribution < 1.29 is 23.0 Å². The summed E-state index contributed by atoms with van der Waals surface area (Å²) < 4.78 is 43.3. The molecule has 1 aromatic heterocycles. The number of hydrogen-bond acceptors (Lipinski definition) is 5. The van der Waals surface area contributed by atoms with Gasteiger partial charge in [-0.2, -0.15) is 13.2 Å². The van der Waals surface area contributed by atoms with Crippen molar-refractivity contribution in [1.82, 2.24) is 9.97 Å². The van der Waals surface area contributed by atoms with Gasteiger partial charge in [-0.1, -0.05) is 13.8 Å². The van der Waals surface area contributed by atoms with E-state index in [-0.39, 0.29) is 12.6 Å². The van der Waals surface area contributed by atoms with E-state index in [9.17, 15) is 18.3 Å². The SMILES string of the molecule is COC[C@]1(O)CCN(c2nccc(C(F)(F)F)n2)CC1(C)C. The Balaban J connectivity index is 2.23. The summed E-state index contributed by atoms with van der Waals surface area (Å²) in [6.07, 6.45) is -3.03. The lowest BCUT2D eigenvalue weighted by Crippen LogP contribution is -2.59. The molecule has 0 aliphatic carbocycles. The minimum Gasteiger partial charge on any atom is -0.387 e. The quantitative estimate of drug-likeness (QED) is 0.925. The molecule has 0 spiro atoms. The maximum Gasteiger partial charge on any atom is 0.433 e. The molecule has 1 aromatic rings. The Hall–Kier alpha value is -1.41. The summed E-state index contributed by atoms with van der Waals surface area (Å²) >= 11 is 0. The maximum absolute atomic E-state index is 12.7. The lowest BCUT2D eigenvalue weighted by molar-refractivity contribution is -0.141. The molecule has 1 N–H and O–H groups in total. The van der Waals surface area contributed by atoms with Gasteiger partial charge in [0, 0.05) is 31.8 Å². The van der Waals surface area contributed by atoms with E-state index in [1.54, 1.807) is 4.90 Å². The molecule has 0 radical (unpaired) electrons. The molecule has 1 aliphatic heterocycles. The number of ether oxygens (including phenoxy) is 1. The largest absolute Gasteiger partial charge is 0.433 e. The van der Waals surface area contributed by atoms with E-state index >= 15 is 0 Å². The van der Waals surface area contributed by atoms with Crippen LogP contribution in [0.25, 0.3) is 0 Å². The second-order valence-electron chi connectivity index (χ2n) is 6.26. The zero-order valence-electron chi connectivity index (χ0n) is 12.8. The Morgan fingerprint density at radius 1 is 1.41 bits per heavy atom. The van der Waals surface area contributed by atoms with E-state index in [1.807, 2.05) is 13.8 Å². The van der Waals surface area contributed by atoms with Crippen LogP contribution in [0.15, 0.2) is 12.3 Å². The highest BCUT2D eigenvalue weighted by molar-refractivity contribution is 5.33. The van der Waals surface area contributed by atoms with Crippen LogP contribution in [0.3, 0.4) is 0 Å². The topological polar surface area (TPSA) is 58.5 Å². The highest BCUT2D eigenvalue weighted by atomic mass is 19.4. The minimum atomic E-state index is -4.50. The second-order valence-corrected chi connectivity index (χ2v) is 6.26. The molecule has 2 rings (SSSR count). The van der Waals surface area contributed by atoms with Crippen molar-refractivity contribution in [2.24, 2.45) is 5.41 Å². The molecule has 124 valence electrons. The molecule has 0 aromatic carbocycles. The lowest BCUT2D eigenvalue weighted by Gasteiger charge is -2.49. The molecule has 5 nitrogen and oxygen atoms in total. The maximum atomic E-state index is 12.7. The standard InChI is InChI=1S/C14H20F3N3O2/c1-12(2)8-20(7-5-13(12,21)9-22-3)11-18-6-4-10(19-11)14(15,16)17/h4,6,21H,5,7-9H2,1-3H3/t13-/m1/s1. The number of aromatic nitrogens is 2. The average Bonchev–Trinajstić information content (AvgIpc) is 2.41. The van der Waals surface area contributed by atoms with Gasteiger partial charge in [0.1, 0.15) is 5.69 Å². The van der Waals surface area contributed by atoms with Crippen molar-refractivity contribution >= 4 is 5.95 Å². The zero-order chi connectivity index (χ0) is 16.6. The first-order valence-electron chi connectivity index (χ1n) is 6.96. The second kappa shape index (κ2) is 5.66. The van der Waals surface area contributed by atoms with Gasteiger partial charge in [-0.15, -0.1) is 0 Å². The lowest BCUT2D eigenvalue weighted by atomic mass is 9.70. The van der Waals surface area contributed by atoms with Crippen molar-refractivity contribution in [3.8, 4) is 0 Å². The van der Waals surface area contributed by atoms with Crippen LogP contribution in [0.4, 0.5) is 19.1 Å². The van der Waals surface area contributed by atoms with Gasteiger partial charge in [-0.05, 0) is 12.5 Å². The van der Waals surface area contributed by atoms with Gasteiger partial charge in [0.05, 0.1) is 12.2 Å². The first-order valence-corrected chi connectivity index (χ1v) is 6.96. The molecule has 1 saturated heterocycles. The van der Waals surface area contributed by atoms with Gasteiger partial charge in [0.25, 0.3) is 0 Å². The van der Waals surface area contributed by atoms with Gasteiger partial charge in [0.15, 0.2) is 0 Å². The molecule has 0 amide bonds. The van der Waals surface area contributed by atoms with Gasteiger partial charge < -0.3 is 14.7 Å². The molecule has 1 aliphatic rings. The van der Waals surface area contributed by atoms with Gasteiger partial charge >= 0.3 is 6.18 Å². The summed E-state index contributed by atoms with van der Waals surface area (Å²) in [6, 6.07) is 0.847. The fourth-order valence-electron chi connectivity index (χ4n) is 2.70. The number of alkyl halides is 3. The van der Waals surface area contributed by atoms with Crippen molar-refractivity contribution in [1.29, 1.82) is 0 Å². The molecule has 0 saturated carbocycles. The molecule has 0 bridgehead atoms. The molecule has 22 heavy (non-hydrogen) atoms. The molecule has 8 heteroatoms. The average molecular weight is 319 g/mol. The van der Waals surface area contributed by atoms with Gasteiger partial charge in [-0.25, -0.2) is 9.97 Å². The van der Waals surface area contributed by atoms with E-state index in [0.717, 1.165) is 12.3 Å². The smallest absolute Gasteiger partial charge is 0.387 e. The number of halogens is 3. The molecular weight excluding hydrogens is 299 g/mol. The van der Waals surface area contributed by atoms with Crippen LogP contribution >= 0.6 is 0 Å². The van der Waals surface area contributed by atoms with Gasteiger partial charge in [0.2, 0.25) is 5.95 Å². The summed E-state index contributed by atoms with van der Waals surface area (Å²) in [7, 11) is 1.51. The van der Waals surface area contributed by atoms with Crippen LogP contribution in [0.1, 0.15) is 26.0 Å². The third-order valence-electron chi connectivity index (χ3n) is 4.24. The molecule has 1 atom stereocenters. The third kappa shape index (κ3) is 3.17. The summed E-state index contributed by atoms with van der Waals surface area (Å²) in [6.45, 7) is 4.59. The number of methoxy groups -OCH3 is 1. The van der Waals surface area contributed by atoms with Crippen LogP contribution in [-0.4, -0.2) is 47.5 Å². The van der Waals surface area contributed by atoms with Crippen LogP contribution < -0.4 is 4.90 Å². The Morgan fingerprint density at radius 3 is 2.64 bits per heavy atom. The third-order valence-corrected chi connectivity index (χ3v) is 4.24. The van der Waals surface area contributed by atoms with E-state index in [0.29, 0.717) is 19.5 Å². The Labute approximate surface area is 127 Å². The highest BCUT2D eigenvalue weighted by Gasteiger charge is 2.48. The fraction of sp³-hybridized carbons (Fsp3) is 0.714. The fourth-order valence-corrected chi connectivity index (χ4v) is 2.70. The van der Waals surface area contributed by atoms with Crippen LogP contribution in [0, 0.1) is 5.41 Å². The van der Waals surface area contributed by atoms with Crippen LogP contribution in [0.5, 0.6) is 0 Å². The summed E-state index contributed by atoms with van der Waals surface area (Å²) in [5.74, 6) is 0.0300. The number of aliphatic hydroxyl groups is 1. The number of rotatable bonds is 3. The Kier molecular flexibility index (Phi) is 4.36. The summed E-state index contributed by atoms with van der Waals surface area (Å²) in [5, 5.41) is 10.7. The summed E-state index contributed by atoms with van der Waals surface area (Å²) in [5.41, 5.74) is -2.56. The first-order chi connectivity index (χ1) is 10.1. The Bertz CT molecular complexity index is 536. The number of nitrogens with zero attached hydrogens (tertiary/aromatic N) is 3.